The minimum Gasteiger partial charge on any atom is -0.478 e. The van der Waals surface area contributed by atoms with E-state index in [1.807, 2.05) is 13.8 Å². The van der Waals surface area contributed by atoms with Crippen molar-refractivity contribution in [3.05, 3.63) is 68.5 Å². The van der Waals surface area contributed by atoms with Crippen molar-refractivity contribution in [1.82, 2.24) is 5.32 Å². The van der Waals surface area contributed by atoms with E-state index >= 15 is 0 Å². The molecule has 1 aromatic carbocycles. The number of methoxy groups -OCH3 is 1. The predicted molar refractivity (Wildman–Crippen MR) is 155 cm³/mol. The van der Waals surface area contributed by atoms with Crippen LogP contribution >= 0.6 is 23.2 Å². The lowest BCUT2D eigenvalue weighted by molar-refractivity contribution is -0.140. The Bertz CT molecular complexity index is 1200. The molecular formula is C28H36Cl2N2O10. The molecule has 0 saturated heterocycles. The van der Waals surface area contributed by atoms with Crippen LogP contribution in [0, 0.1) is 5.92 Å². The molecule has 0 saturated carbocycles. The van der Waals surface area contributed by atoms with Crippen LogP contribution in [0.3, 0.4) is 0 Å². The van der Waals surface area contributed by atoms with Crippen LogP contribution in [0.25, 0.3) is 0 Å². The average molecular weight is 632 g/mol. The summed E-state index contributed by atoms with van der Waals surface area (Å²) in [5.74, 6) is -4.46. The normalized spacial score (nSPS) is 14.8. The summed E-state index contributed by atoms with van der Waals surface area (Å²) < 4.78 is 21.7. The molecule has 1 aromatic rings. The molecule has 0 radical (unpaired) electrons. The number of nitrogens with one attached hydrogen (secondary N) is 1. The van der Waals surface area contributed by atoms with E-state index in [1.165, 1.54) is 7.11 Å². The molecule has 0 bridgehead atoms. The Balaban J connectivity index is 0.000000962. The minimum absolute atomic E-state index is 0.0541. The number of carbonyl (C=O) groups excluding carboxylic acids is 2. The summed E-state index contributed by atoms with van der Waals surface area (Å²) in [7, 11) is 1.28. The van der Waals surface area contributed by atoms with Gasteiger partial charge in [-0.15, -0.1) is 0 Å². The Morgan fingerprint density at radius 3 is 2.17 bits per heavy atom. The van der Waals surface area contributed by atoms with Crippen molar-refractivity contribution in [3.8, 4) is 0 Å². The number of halogens is 2. The van der Waals surface area contributed by atoms with Gasteiger partial charge in [-0.05, 0) is 24.5 Å². The maximum atomic E-state index is 13.4. The molecule has 1 atom stereocenters. The molecule has 14 heteroatoms. The molecule has 0 spiro atoms. The van der Waals surface area contributed by atoms with E-state index in [1.54, 1.807) is 25.1 Å². The molecule has 5 N–H and O–H groups in total. The van der Waals surface area contributed by atoms with Crippen molar-refractivity contribution < 1.29 is 48.3 Å². The molecule has 1 aliphatic rings. The topological polar surface area (TPSA) is 184 Å². The number of esters is 2. The van der Waals surface area contributed by atoms with Gasteiger partial charge in [0.25, 0.3) is 0 Å². The Hall–Kier alpha value is -3.42. The second kappa shape index (κ2) is 18.9. The number of carboxylic acids is 2. The molecule has 232 valence electrons. The van der Waals surface area contributed by atoms with E-state index < -0.39 is 29.8 Å². The summed E-state index contributed by atoms with van der Waals surface area (Å²) in [6, 6.07) is 5.06. The lowest BCUT2D eigenvalue weighted by Crippen LogP contribution is -2.35. The highest BCUT2D eigenvalue weighted by Crippen LogP contribution is 2.43. The molecule has 1 aliphatic heterocycles. The van der Waals surface area contributed by atoms with Gasteiger partial charge < -0.3 is 40.2 Å². The van der Waals surface area contributed by atoms with E-state index in [4.69, 9.17) is 58.1 Å². The molecule has 42 heavy (non-hydrogen) atoms. The predicted octanol–water partition coefficient (Wildman–Crippen LogP) is 3.28. The zero-order valence-corrected chi connectivity index (χ0v) is 25.3. The van der Waals surface area contributed by atoms with Gasteiger partial charge in [0.1, 0.15) is 0 Å². The molecular weight excluding hydrogens is 595 g/mol. The van der Waals surface area contributed by atoms with Crippen molar-refractivity contribution in [3.63, 3.8) is 0 Å². The van der Waals surface area contributed by atoms with Crippen LogP contribution in [0.2, 0.25) is 10.0 Å². The summed E-state index contributed by atoms with van der Waals surface area (Å²) >= 11 is 12.8. The number of allylic oxidation sites excluding steroid dienone is 1. The first-order chi connectivity index (χ1) is 19.8. The summed E-state index contributed by atoms with van der Waals surface area (Å²) in [5.41, 5.74) is 7.31. The van der Waals surface area contributed by atoms with Crippen molar-refractivity contribution in [2.75, 3.05) is 46.7 Å². The molecule has 0 fully saturated rings. The first-order valence-electron chi connectivity index (χ1n) is 12.7. The second-order valence-corrected chi connectivity index (χ2v) is 9.86. The zero-order valence-electron chi connectivity index (χ0n) is 23.8. The Kier molecular flexibility index (Phi) is 16.5. The molecule has 0 aliphatic carbocycles. The van der Waals surface area contributed by atoms with Gasteiger partial charge in [-0.2, -0.15) is 0 Å². The average Bonchev–Trinajstić information content (AvgIpc) is 2.93. The Labute approximate surface area is 254 Å². The van der Waals surface area contributed by atoms with Crippen molar-refractivity contribution in [2.45, 2.75) is 26.7 Å². The summed E-state index contributed by atoms with van der Waals surface area (Å²) in [5, 5.41) is 19.3. The molecule has 0 unspecified atom stereocenters. The van der Waals surface area contributed by atoms with Crippen LogP contribution in [0.5, 0.6) is 0 Å². The Morgan fingerprint density at radius 1 is 1.00 bits per heavy atom. The van der Waals surface area contributed by atoms with Crippen LogP contribution < -0.4 is 11.1 Å². The van der Waals surface area contributed by atoms with Gasteiger partial charge in [-0.25, -0.2) is 19.2 Å². The molecule has 12 nitrogen and oxygen atoms in total. The monoisotopic (exact) mass is 630 g/mol. The molecule has 0 aromatic heterocycles. The quantitative estimate of drug-likeness (QED) is 0.134. The molecule has 1 heterocycles. The van der Waals surface area contributed by atoms with Gasteiger partial charge in [0.15, 0.2) is 0 Å². The van der Waals surface area contributed by atoms with Gasteiger partial charge in [0.05, 0.1) is 73.0 Å². The number of nitrogens with two attached hydrogens (primary N) is 1. The van der Waals surface area contributed by atoms with Gasteiger partial charge in [0.2, 0.25) is 0 Å². The number of dihydropyridines is 1. The fourth-order valence-corrected chi connectivity index (χ4v) is 4.04. The van der Waals surface area contributed by atoms with Crippen molar-refractivity contribution in [2.24, 2.45) is 11.7 Å². The first kappa shape index (κ1) is 36.6. The maximum absolute atomic E-state index is 13.4. The smallest absolute Gasteiger partial charge is 0.336 e. The van der Waals surface area contributed by atoms with Gasteiger partial charge in [0, 0.05) is 24.4 Å². The largest absolute Gasteiger partial charge is 0.478 e. The van der Waals surface area contributed by atoms with Crippen molar-refractivity contribution in [1.29, 1.82) is 0 Å². The third-order valence-electron chi connectivity index (χ3n) is 5.36. The fourth-order valence-electron chi connectivity index (χ4n) is 3.63. The lowest BCUT2D eigenvalue weighted by Gasteiger charge is -2.32. The van der Waals surface area contributed by atoms with E-state index in [0.717, 1.165) is 0 Å². The van der Waals surface area contributed by atoms with Crippen LogP contribution in [-0.4, -0.2) is 80.8 Å². The number of aliphatic carboxylic acids is 2. The zero-order chi connectivity index (χ0) is 31.8. The number of hydrogen-bond acceptors (Lipinski definition) is 10. The number of hydrogen-bond donors (Lipinski definition) is 4. The second-order valence-electron chi connectivity index (χ2n) is 9.08. The van der Waals surface area contributed by atoms with Gasteiger partial charge in [-0.3, -0.25) is 0 Å². The van der Waals surface area contributed by atoms with Crippen LogP contribution in [0.15, 0.2) is 52.9 Å². The van der Waals surface area contributed by atoms with E-state index in [2.05, 4.69) is 5.32 Å². The first-order valence-corrected chi connectivity index (χ1v) is 13.5. The number of benzene rings is 1. The number of carboxylic acid groups (broad SMARTS) is 2. The van der Waals surface area contributed by atoms with Crippen LogP contribution in [-0.2, 0) is 38.1 Å². The summed E-state index contributed by atoms with van der Waals surface area (Å²) in [4.78, 5) is 45.3. The van der Waals surface area contributed by atoms with Gasteiger partial charge >= 0.3 is 23.9 Å². The minimum atomic E-state index is -1.26. The van der Waals surface area contributed by atoms with E-state index in [9.17, 15) is 19.2 Å². The highest BCUT2D eigenvalue weighted by Gasteiger charge is 2.40. The highest BCUT2D eigenvalue weighted by atomic mass is 35.5. The third-order valence-corrected chi connectivity index (χ3v) is 6.19. The third kappa shape index (κ3) is 11.8. The number of rotatable bonds is 14. The van der Waals surface area contributed by atoms with Crippen LogP contribution in [0.1, 0.15) is 32.3 Å². The molecule has 0 amide bonds. The fraction of sp³-hybridized carbons (Fsp3) is 0.429. The summed E-state index contributed by atoms with van der Waals surface area (Å²) in [6.45, 7) is 7.32. The molecule has 2 rings (SSSR count). The van der Waals surface area contributed by atoms with E-state index in [0.29, 0.717) is 53.9 Å². The maximum Gasteiger partial charge on any atom is 0.336 e. The van der Waals surface area contributed by atoms with Crippen LogP contribution in [0.4, 0.5) is 0 Å². The highest BCUT2D eigenvalue weighted by molar-refractivity contribution is 6.42. The standard InChI is InChI=1S/C24H32Cl2N2O6.C4H4O4/c1-14(2)12-34-24(30)21-18(13-33-11-10-32-9-8-27)28-15(3)19(23(29)31-4)20(21)16-6-5-7-17(25)22(16)26;5-3(6)1-2-4(7)8/h5-7,14,20,28H,8-13,27H2,1-4H3;1-2H,(H,5,6)(H,7,8)/t20-;/m1./s1. The Morgan fingerprint density at radius 2 is 1.62 bits per heavy atom. The van der Waals surface area contributed by atoms with E-state index in [-0.39, 0.29) is 41.9 Å². The van der Waals surface area contributed by atoms with Crippen molar-refractivity contribution >= 4 is 47.1 Å². The lowest BCUT2D eigenvalue weighted by atomic mass is 9.80. The number of carbonyl (C=O) groups is 4. The van der Waals surface area contributed by atoms with Gasteiger partial charge in [-0.1, -0.05) is 49.2 Å². The SMILES string of the molecule is COC(=O)C1=C(C)NC(COCCOCCN)=C(C(=O)OCC(C)C)[C@@H]1c1cccc(Cl)c1Cl.O=C(O)C=CC(=O)O. The summed E-state index contributed by atoms with van der Waals surface area (Å²) in [6.07, 6.45) is 1.12. The number of ether oxygens (including phenoxy) is 4.